The summed E-state index contributed by atoms with van der Waals surface area (Å²) in [5.74, 6) is -0.680. The number of halogens is 1. The summed E-state index contributed by atoms with van der Waals surface area (Å²) in [4.78, 5) is 13.5. The summed E-state index contributed by atoms with van der Waals surface area (Å²) in [6, 6.07) is 11.7. The zero-order valence-electron chi connectivity index (χ0n) is 11.7. The third-order valence-corrected chi connectivity index (χ3v) is 3.25. The molecule has 0 unspecified atom stereocenters. The van der Waals surface area contributed by atoms with Gasteiger partial charge in [-0.3, -0.25) is 4.79 Å². The number of nitrogens with zero attached hydrogens (tertiary/aromatic N) is 1. The number of carbonyl (C=O) groups excluding carboxylic acids is 1. The van der Waals surface area contributed by atoms with Crippen LogP contribution < -0.4 is 10.6 Å². The van der Waals surface area contributed by atoms with E-state index in [1.807, 2.05) is 0 Å². The van der Waals surface area contributed by atoms with Crippen LogP contribution in [0.15, 0.2) is 48.5 Å². The maximum Gasteiger partial charge on any atom is 0.244 e. The van der Waals surface area contributed by atoms with Crippen molar-refractivity contribution in [3.63, 3.8) is 0 Å². The summed E-state index contributed by atoms with van der Waals surface area (Å²) >= 11 is 0. The molecule has 0 radical (unpaired) electrons. The Morgan fingerprint density at radius 2 is 1.86 bits per heavy atom. The molecule has 0 saturated carbocycles. The molecule has 3 N–H and O–H groups in total. The van der Waals surface area contributed by atoms with Crippen LogP contribution in [0, 0.1) is 5.82 Å². The van der Waals surface area contributed by atoms with Crippen molar-refractivity contribution in [1.29, 1.82) is 0 Å². The number of hydrogen-bond acceptors (Lipinski definition) is 3. The Bertz CT molecular complexity index is 628. The van der Waals surface area contributed by atoms with Gasteiger partial charge in [0.1, 0.15) is 11.6 Å². The third-order valence-electron chi connectivity index (χ3n) is 3.25. The second kappa shape index (κ2) is 6.37. The van der Waals surface area contributed by atoms with Crippen molar-refractivity contribution in [1.82, 2.24) is 0 Å². The van der Waals surface area contributed by atoms with Crippen LogP contribution in [0.4, 0.5) is 10.1 Å². The first-order chi connectivity index (χ1) is 9.99. The number of nitrogens with two attached hydrogens (primary N) is 1. The van der Waals surface area contributed by atoms with E-state index in [0.29, 0.717) is 6.42 Å². The van der Waals surface area contributed by atoms with Gasteiger partial charge in [0.05, 0.1) is 11.7 Å². The van der Waals surface area contributed by atoms with Crippen LogP contribution in [0.5, 0.6) is 5.75 Å². The van der Waals surface area contributed by atoms with Gasteiger partial charge in [-0.1, -0.05) is 24.3 Å². The monoisotopic (exact) mass is 288 g/mol. The van der Waals surface area contributed by atoms with E-state index in [4.69, 9.17) is 5.73 Å². The maximum absolute atomic E-state index is 13.7. The average molecular weight is 288 g/mol. The minimum atomic E-state index is -0.779. The minimum Gasteiger partial charge on any atom is -0.508 e. The molecule has 0 saturated heterocycles. The Balaban J connectivity index is 2.08. The fourth-order valence-corrected chi connectivity index (χ4v) is 2.06. The second-order valence-electron chi connectivity index (χ2n) is 4.83. The molecule has 0 heterocycles. The second-order valence-corrected chi connectivity index (χ2v) is 4.83. The van der Waals surface area contributed by atoms with Gasteiger partial charge < -0.3 is 15.7 Å². The Labute approximate surface area is 122 Å². The Kier molecular flexibility index (Phi) is 4.55. The number of rotatable bonds is 4. The normalized spacial score (nSPS) is 12.0. The fraction of sp³-hybridized carbons (Fsp3) is 0.188. The molecule has 0 aliphatic rings. The first kappa shape index (κ1) is 15.0. The van der Waals surface area contributed by atoms with E-state index in [1.165, 1.54) is 36.2 Å². The smallest absolute Gasteiger partial charge is 0.244 e. The predicted molar refractivity (Wildman–Crippen MR) is 79.6 cm³/mol. The number of para-hydroxylation sites is 1. The molecule has 1 amide bonds. The number of carbonyl (C=O) groups is 1. The first-order valence-corrected chi connectivity index (χ1v) is 6.54. The van der Waals surface area contributed by atoms with Gasteiger partial charge in [-0.05, 0) is 36.2 Å². The summed E-state index contributed by atoms with van der Waals surface area (Å²) in [5, 5.41) is 9.22. The highest BCUT2D eigenvalue weighted by molar-refractivity contribution is 5.96. The number of phenols is 1. The van der Waals surface area contributed by atoms with Crippen molar-refractivity contribution in [3.8, 4) is 5.75 Å². The summed E-state index contributed by atoms with van der Waals surface area (Å²) in [6.45, 7) is 0. The first-order valence-electron chi connectivity index (χ1n) is 6.54. The van der Waals surface area contributed by atoms with Crippen molar-refractivity contribution >= 4 is 11.6 Å². The molecule has 5 heteroatoms. The van der Waals surface area contributed by atoms with Gasteiger partial charge in [0.2, 0.25) is 5.91 Å². The number of aromatic hydroxyl groups is 1. The van der Waals surface area contributed by atoms with Gasteiger partial charge in [-0.25, -0.2) is 4.39 Å². The van der Waals surface area contributed by atoms with Crippen molar-refractivity contribution in [2.75, 3.05) is 11.9 Å². The largest absolute Gasteiger partial charge is 0.508 e. The van der Waals surface area contributed by atoms with E-state index in [-0.39, 0.29) is 17.3 Å². The zero-order valence-corrected chi connectivity index (χ0v) is 11.7. The molecule has 0 fully saturated rings. The van der Waals surface area contributed by atoms with Gasteiger partial charge in [0.15, 0.2) is 0 Å². The van der Waals surface area contributed by atoms with Crippen molar-refractivity contribution in [2.45, 2.75) is 12.5 Å². The highest BCUT2D eigenvalue weighted by Gasteiger charge is 2.21. The molecular formula is C16H17FN2O2. The van der Waals surface area contributed by atoms with E-state index in [0.717, 1.165) is 5.56 Å². The van der Waals surface area contributed by atoms with E-state index in [2.05, 4.69) is 0 Å². The maximum atomic E-state index is 13.7. The Morgan fingerprint density at radius 3 is 2.48 bits per heavy atom. The van der Waals surface area contributed by atoms with Crippen molar-refractivity contribution in [3.05, 3.63) is 59.9 Å². The summed E-state index contributed by atoms with van der Waals surface area (Å²) in [7, 11) is 1.50. The summed E-state index contributed by atoms with van der Waals surface area (Å²) in [5.41, 5.74) is 6.93. The van der Waals surface area contributed by atoms with Gasteiger partial charge in [0.25, 0.3) is 0 Å². The highest BCUT2D eigenvalue weighted by Crippen LogP contribution is 2.18. The van der Waals surface area contributed by atoms with Crippen molar-refractivity contribution < 1.29 is 14.3 Å². The van der Waals surface area contributed by atoms with Crippen LogP contribution in [0.2, 0.25) is 0 Å². The number of phenolic OH excluding ortho intramolecular Hbond substituents is 1. The zero-order chi connectivity index (χ0) is 15.4. The molecule has 4 nitrogen and oxygen atoms in total. The molecule has 2 rings (SSSR count). The predicted octanol–water partition coefficient (Wildman–Crippen LogP) is 2.06. The molecular weight excluding hydrogens is 271 g/mol. The number of benzene rings is 2. The Hall–Kier alpha value is -2.40. The molecule has 1 atom stereocenters. The molecule has 110 valence electrons. The van der Waals surface area contributed by atoms with Gasteiger partial charge in [-0.15, -0.1) is 0 Å². The van der Waals surface area contributed by atoms with E-state index < -0.39 is 11.9 Å². The highest BCUT2D eigenvalue weighted by atomic mass is 19.1. The van der Waals surface area contributed by atoms with Crippen LogP contribution in [0.1, 0.15) is 5.56 Å². The number of likely N-dealkylation sites (N-methyl/N-ethyl adjacent to an activating group) is 1. The van der Waals surface area contributed by atoms with E-state index in [1.54, 1.807) is 24.3 Å². The molecule has 0 aromatic heterocycles. The van der Waals surface area contributed by atoms with Gasteiger partial charge >= 0.3 is 0 Å². The summed E-state index contributed by atoms with van der Waals surface area (Å²) < 4.78 is 13.7. The van der Waals surface area contributed by atoms with Crippen molar-refractivity contribution in [2.24, 2.45) is 5.73 Å². The van der Waals surface area contributed by atoms with E-state index >= 15 is 0 Å². The van der Waals surface area contributed by atoms with Gasteiger partial charge in [0, 0.05) is 7.05 Å². The quantitative estimate of drug-likeness (QED) is 0.905. The number of amides is 1. The van der Waals surface area contributed by atoms with Crippen LogP contribution in [0.3, 0.4) is 0 Å². The lowest BCUT2D eigenvalue weighted by Gasteiger charge is -2.22. The van der Waals surface area contributed by atoms with Crippen LogP contribution in [-0.2, 0) is 11.2 Å². The minimum absolute atomic E-state index is 0.155. The topological polar surface area (TPSA) is 66.6 Å². The number of hydrogen-bond donors (Lipinski definition) is 2. The molecule has 0 spiro atoms. The molecule has 2 aromatic carbocycles. The lowest BCUT2D eigenvalue weighted by atomic mass is 10.1. The average Bonchev–Trinajstić information content (AvgIpc) is 2.48. The van der Waals surface area contributed by atoms with Crippen LogP contribution in [-0.4, -0.2) is 24.1 Å². The summed E-state index contributed by atoms with van der Waals surface area (Å²) in [6.07, 6.45) is 0.317. The lowest BCUT2D eigenvalue weighted by molar-refractivity contribution is -0.119. The molecule has 0 aliphatic carbocycles. The molecule has 21 heavy (non-hydrogen) atoms. The van der Waals surface area contributed by atoms with Crippen LogP contribution >= 0.6 is 0 Å². The Morgan fingerprint density at radius 1 is 1.24 bits per heavy atom. The lowest BCUT2D eigenvalue weighted by Crippen LogP contribution is -2.43. The SMILES string of the molecule is CN(C(=O)[C@H](N)Cc1ccc(O)cc1)c1ccccc1F. The number of anilines is 1. The third kappa shape index (κ3) is 3.58. The molecule has 2 aromatic rings. The van der Waals surface area contributed by atoms with Crippen LogP contribution in [0.25, 0.3) is 0 Å². The molecule has 0 aliphatic heterocycles. The standard InChI is InChI=1S/C16H17FN2O2/c1-19(15-5-3-2-4-13(15)17)16(21)14(18)10-11-6-8-12(20)9-7-11/h2-9,14,20H,10,18H2,1H3/t14-/m1/s1. The van der Waals surface area contributed by atoms with E-state index in [9.17, 15) is 14.3 Å². The van der Waals surface area contributed by atoms with Gasteiger partial charge in [-0.2, -0.15) is 0 Å². The molecule has 0 bridgehead atoms. The fourth-order valence-electron chi connectivity index (χ4n) is 2.06.